The molecule has 2 aromatic carbocycles. The smallest absolute Gasteiger partial charge is 0.328 e. The number of ether oxygens (including phenoxy) is 1. The number of esters is 1. The number of amides is 1. The van der Waals surface area contributed by atoms with Crippen molar-refractivity contribution < 1.29 is 14.3 Å². The lowest BCUT2D eigenvalue weighted by Gasteiger charge is -2.31. The van der Waals surface area contributed by atoms with E-state index in [1.807, 2.05) is 67.6 Å². The van der Waals surface area contributed by atoms with Gasteiger partial charge in [0.15, 0.2) is 0 Å². The van der Waals surface area contributed by atoms with E-state index in [-0.39, 0.29) is 11.9 Å². The molecule has 1 aliphatic carbocycles. The van der Waals surface area contributed by atoms with Gasteiger partial charge in [0, 0.05) is 0 Å². The van der Waals surface area contributed by atoms with Crippen molar-refractivity contribution in [3.63, 3.8) is 0 Å². The highest BCUT2D eigenvalue weighted by molar-refractivity contribution is 5.94. The number of carbonyl (C=O) groups excluding carboxylic acids is 2. The van der Waals surface area contributed by atoms with Gasteiger partial charge in [-0.3, -0.25) is 4.79 Å². The molecule has 1 amide bonds. The highest BCUT2D eigenvalue weighted by Crippen LogP contribution is 2.35. The predicted molar refractivity (Wildman–Crippen MR) is 101 cm³/mol. The highest BCUT2D eigenvalue weighted by atomic mass is 16.5. The second-order valence-corrected chi connectivity index (χ2v) is 7.09. The Hall–Kier alpha value is -2.62. The second-order valence-electron chi connectivity index (χ2n) is 7.09. The van der Waals surface area contributed by atoms with Crippen LogP contribution < -0.4 is 5.32 Å². The summed E-state index contributed by atoms with van der Waals surface area (Å²) in [4.78, 5) is 25.6. The van der Waals surface area contributed by atoms with E-state index < -0.39 is 11.5 Å². The van der Waals surface area contributed by atoms with E-state index in [2.05, 4.69) is 5.32 Å². The molecule has 136 valence electrons. The first-order valence-corrected chi connectivity index (χ1v) is 9.05. The molecule has 0 aromatic heterocycles. The van der Waals surface area contributed by atoms with E-state index >= 15 is 0 Å². The molecule has 1 fully saturated rings. The van der Waals surface area contributed by atoms with Gasteiger partial charge in [0.2, 0.25) is 5.91 Å². The Kier molecular flexibility index (Phi) is 5.40. The maximum Gasteiger partial charge on any atom is 0.328 e. The first-order valence-electron chi connectivity index (χ1n) is 9.05. The fraction of sp³-hybridized carbons (Fsp3) is 0.364. The van der Waals surface area contributed by atoms with Crippen LogP contribution in [-0.4, -0.2) is 25.0 Å². The molecule has 1 aliphatic rings. The Morgan fingerprint density at radius 2 is 1.54 bits per heavy atom. The maximum absolute atomic E-state index is 13.4. The standard InChI is InChI=1S/C22H25NO3/c1-22(17-9-5-3-6-10-17,18-11-7-4-8-12-18)21(25)23-19(20(24)26-2)15-16-13-14-16/h3-12,16,19H,13-15H2,1-2H3,(H,23,25)/t19-/m1/s1. The first kappa shape index (κ1) is 18.2. The Morgan fingerprint density at radius 1 is 1.04 bits per heavy atom. The molecule has 4 nitrogen and oxygen atoms in total. The van der Waals surface area contributed by atoms with E-state index in [1.54, 1.807) is 0 Å². The largest absolute Gasteiger partial charge is 0.467 e. The van der Waals surface area contributed by atoms with Crippen LogP contribution in [-0.2, 0) is 19.7 Å². The first-order chi connectivity index (χ1) is 12.6. The van der Waals surface area contributed by atoms with E-state index in [9.17, 15) is 9.59 Å². The summed E-state index contributed by atoms with van der Waals surface area (Å²) in [5.74, 6) is -0.0706. The minimum atomic E-state index is -0.891. The molecule has 2 aromatic rings. The van der Waals surface area contributed by atoms with Crippen LogP contribution in [0.1, 0.15) is 37.3 Å². The third-order valence-corrected chi connectivity index (χ3v) is 5.21. The van der Waals surface area contributed by atoms with E-state index in [0.29, 0.717) is 12.3 Å². The highest BCUT2D eigenvalue weighted by Gasteiger charge is 2.40. The molecule has 26 heavy (non-hydrogen) atoms. The number of methoxy groups -OCH3 is 1. The Morgan fingerprint density at radius 3 is 1.96 bits per heavy atom. The average molecular weight is 351 g/mol. The monoisotopic (exact) mass is 351 g/mol. The number of rotatable bonds is 7. The van der Waals surface area contributed by atoms with Crippen molar-refractivity contribution in [1.82, 2.24) is 5.32 Å². The summed E-state index contributed by atoms with van der Waals surface area (Å²) in [6, 6.07) is 18.7. The second kappa shape index (κ2) is 7.73. The summed E-state index contributed by atoms with van der Waals surface area (Å²) in [5, 5.41) is 2.96. The van der Waals surface area contributed by atoms with Gasteiger partial charge in [0.1, 0.15) is 6.04 Å². The SMILES string of the molecule is COC(=O)[C@@H](CC1CC1)NC(=O)C(C)(c1ccccc1)c1ccccc1. The quantitative estimate of drug-likeness (QED) is 0.778. The number of hydrogen-bond donors (Lipinski definition) is 1. The molecule has 1 atom stereocenters. The molecular formula is C22H25NO3. The van der Waals surface area contributed by atoms with E-state index in [4.69, 9.17) is 4.74 Å². The van der Waals surface area contributed by atoms with Crippen molar-refractivity contribution in [3.8, 4) is 0 Å². The molecule has 1 saturated carbocycles. The normalized spacial score (nSPS) is 15.2. The predicted octanol–water partition coefficient (Wildman–Crippen LogP) is 3.45. The summed E-state index contributed by atoms with van der Waals surface area (Å²) in [7, 11) is 1.36. The summed E-state index contributed by atoms with van der Waals surface area (Å²) in [6.07, 6.45) is 2.86. The average Bonchev–Trinajstić information content (AvgIpc) is 3.51. The summed E-state index contributed by atoms with van der Waals surface area (Å²) >= 11 is 0. The van der Waals surface area contributed by atoms with Gasteiger partial charge in [-0.2, -0.15) is 0 Å². The minimum Gasteiger partial charge on any atom is -0.467 e. The molecule has 0 unspecified atom stereocenters. The molecule has 0 saturated heterocycles. The molecule has 1 N–H and O–H groups in total. The van der Waals surface area contributed by atoms with Gasteiger partial charge in [-0.1, -0.05) is 73.5 Å². The zero-order valence-electron chi connectivity index (χ0n) is 15.3. The molecule has 0 heterocycles. The third-order valence-electron chi connectivity index (χ3n) is 5.21. The fourth-order valence-corrected chi connectivity index (χ4v) is 3.32. The minimum absolute atomic E-state index is 0.189. The maximum atomic E-state index is 13.4. The van der Waals surface area contributed by atoms with Crippen molar-refractivity contribution in [2.75, 3.05) is 7.11 Å². The van der Waals surface area contributed by atoms with Crippen LogP contribution in [0.2, 0.25) is 0 Å². The van der Waals surface area contributed by atoms with Crippen molar-refractivity contribution in [2.24, 2.45) is 5.92 Å². The lowest BCUT2D eigenvalue weighted by molar-refractivity contribution is -0.145. The Bertz CT molecular complexity index is 714. The molecule has 3 rings (SSSR count). The van der Waals surface area contributed by atoms with E-state index in [1.165, 1.54) is 7.11 Å². The number of nitrogens with one attached hydrogen (secondary N) is 1. The third kappa shape index (κ3) is 3.79. The summed E-state index contributed by atoms with van der Waals surface area (Å²) in [6.45, 7) is 1.90. The Labute approximate surface area is 154 Å². The lowest BCUT2D eigenvalue weighted by Crippen LogP contribution is -2.50. The van der Waals surface area contributed by atoms with Crippen molar-refractivity contribution in [2.45, 2.75) is 37.6 Å². The Balaban J connectivity index is 1.93. The molecule has 0 radical (unpaired) electrons. The van der Waals surface area contributed by atoms with Gasteiger partial charge in [0.25, 0.3) is 0 Å². The van der Waals surface area contributed by atoms with Crippen LogP contribution in [0, 0.1) is 5.92 Å². The number of benzene rings is 2. The fourth-order valence-electron chi connectivity index (χ4n) is 3.32. The van der Waals surface area contributed by atoms with Gasteiger partial charge in [-0.25, -0.2) is 4.79 Å². The summed E-state index contributed by atoms with van der Waals surface area (Å²) < 4.78 is 4.91. The molecule has 0 spiro atoms. The summed E-state index contributed by atoms with van der Waals surface area (Å²) in [5.41, 5.74) is 0.885. The van der Waals surface area contributed by atoms with Crippen LogP contribution in [0.5, 0.6) is 0 Å². The molecule has 4 heteroatoms. The van der Waals surface area contributed by atoms with Crippen LogP contribution >= 0.6 is 0 Å². The van der Waals surface area contributed by atoms with Crippen LogP contribution in [0.25, 0.3) is 0 Å². The zero-order chi connectivity index (χ0) is 18.6. The van der Waals surface area contributed by atoms with Crippen molar-refractivity contribution in [3.05, 3.63) is 71.8 Å². The van der Waals surface area contributed by atoms with Gasteiger partial charge in [-0.05, 0) is 30.4 Å². The molecular weight excluding hydrogens is 326 g/mol. The molecule has 0 aliphatic heterocycles. The van der Waals surface area contributed by atoms with Gasteiger partial charge >= 0.3 is 5.97 Å². The van der Waals surface area contributed by atoms with Gasteiger partial charge in [0.05, 0.1) is 12.5 Å². The van der Waals surface area contributed by atoms with Crippen LogP contribution in [0.15, 0.2) is 60.7 Å². The zero-order valence-corrected chi connectivity index (χ0v) is 15.3. The van der Waals surface area contributed by atoms with Crippen molar-refractivity contribution in [1.29, 1.82) is 0 Å². The number of hydrogen-bond acceptors (Lipinski definition) is 3. The lowest BCUT2D eigenvalue weighted by atomic mass is 9.75. The van der Waals surface area contributed by atoms with Crippen LogP contribution in [0.3, 0.4) is 0 Å². The van der Waals surface area contributed by atoms with Crippen LogP contribution in [0.4, 0.5) is 0 Å². The van der Waals surface area contributed by atoms with Gasteiger partial charge < -0.3 is 10.1 Å². The van der Waals surface area contributed by atoms with Gasteiger partial charge in [-0.15, -0.1) is 0 Å². The molecule has 0 bridgehead atoms. The topological polar surface area (TPSA) is 55.4 Å². The van der Waals surface area contributed by atoms with Crippen molar-refractivity contribution >= 4 is 11.9 Å². The number of carbonyl (C=O) groups is 2. The van der Waals surface area contributed by atoms with E-state index in [0.717, 1.165) is 24.0 Å².